The molecule has 2 unspecified atom stereocenters. The number of hydrogen-bond acceptors (Lipinski definition) is 6. The van der Waals surface area contributed by atoms with Gasteiger partial charge in [-0.1, -0.05) is 37.3 Å². The summed E-state index contributed by atoms with van der Waals surface area (Å²) in [4.78, 5) is 41.0. The number of ether oxygens (including phenoxy) is 1. The van der Waals surface area contributed by atoms with Crippen molar-refractivity contribution >= 4 is 36.2 Å². The fraction of sp³-hybridized carbons (Fsp3) is 0.423. The van der Waals surface area contributed by atoms with Crippen molar-refractivity contribution in [1.82, 2.24) is 10.2 Å². The number of anilines is 1. The first kappa shape index (κ1) is 28.0. The molecule has 0 saturated carbocycles. The molecular weight excluding hydrogens is 466 g/mol. The Kier molecular flexibility index (Phi) is 10.0. The lowest BCUT2D eigenvalue weighted by Crippen LogP contribution is -2.53. The maximum atomic E-state index is 13.6. The topological polar surface area (TPSA) is 108 Å². The first-order valence-electron chi connectivity index (χ1n) is 11.5. The summed E-state index contributed by atoms with van der Waals surface area (Å²) < 4.78 is 5.30. The van der Waals surface area contributed by atoms with Crippen molar-refractivity contribution in [1.29, 1.82) is 0 Å². The predicted molar refractivity (Wildman–Crippen MR) is 140 cm³/mol. The smallest absolute Gasteiger partial charge is 0.408 e. The highest BCUT2D eigenvalue weighted by Gasteiger charge is 2.35. The summed E-state index contributed by atoms with van der Waals surface area (Å²) in [6.45, 7) is 9.21. The van der Waals surface area contributed by atoms with E-state index in [1.54, 1.807) is 39.0 Å². The minimum absolute atomic E-state index is 0.0139. The Morgan fingerprint density at radius 3 is 2.26 bits per heavy atom. The van der Waals surface area contributed by atoms with Gasteiger partial charge in [0.1, 0.15) is 23.4 Å². The Labute approximate surface area is 212 Å². The van der Waals surface area contributed by atoms with Gasteiger partial charge >= 0.3 is 6.09 Å². The SMILES string of the molecule is CCCN(C(=O)C(CS)NC(=O)OC(C)(C)C)C(C(=O)Nc1ccccc1C)c1ccc(O)cc1. The van der Waals surface area contributed by atoms with Crippen LogP contribution in [0, 0.1) is 6.92 Å². The molecule has 2 rings (SSSR count). The monoisotopic (exact) mass is 501 g/mol. The number of thiol groups is 1. The number of phenols is 1. The number of phenolic OH excluding ortho intramolecular Hbond substituents is 1. The molecule has 3 amide bonds. The molecule has 0 aliphatic carbocycles. The Hall–Kier alpha value is -3.20. The molecule has 0 spiro atoms. The third-order valence-corrected chi connectivity index (χ3v) is 5.46. The number of para-hydroxylation sites is 1. The summed E-state index contributed by atoms with van der Waals surface area (Å²) in [5, 5.41) is 15.3. The summed E-state index contributed by atoms with van der Waals surface area (Å²) in [6, 6.07) is 11.5. The highest BCUT2D eigenvalue weighted by molar-refractivity contribution is 7.80. The summed E-state index contributed by atoms with van der Waals surface area (Å²) >= 11 is 4.27. The quantitative estimate of drug-likeness (QED) is 0.380. The van der Waals surface area contributed by atoms with Crippen LogP contribution in [0.3, 0.4) is 0 Å². The number of hydrogen-bond donors (Lipinski definition) is 4. The van der Waals surface area contributed by atoms with E-state index < -0.39 is 35.6 Å². The Morgan fingerprint density at radius 2 is 1.71 bits per heavy atom. The van der Waals surface area contributed by atoms with E-state index in [2.05, 4.69) is 23.3 Å². The van der Waals surface area contributed by atoms with Crippen LogP contribution in [0.5, 0.6) is 5.75 Å². The van der Waals surface area contributed by atoms with Crippen LogP contribution in [0.2, 0.25) is 0 Å². The highest BCUT2D eigenvalue weighted by atomic mass is 32.1. The number of benzene rings is 2. The Bertz CT molecular complexity index is 1020. The zero-order valence-electron chi connectivity index (χ0n) is 20.9. The van der Waals surface area contributed by atoms with Gasteiger partial charge in [0, 0.05) is 18.0 Å². The highest BCUT2D eigenvalue weighted by Crippen LogP contribution is 2.27. The standard InChI is InChI=1S/C26H35N3O5S/c1-6-15-29(24(32)21(16-35)28-25(33)34-26(3,4)5)22(18-11-13-19(30)14-12-18)23(31)27-20-10-8-7-9-17(20)2/h7-14,21-22,30,35H,6,15-16H2,1-5H3,(H,27,31)(H,28,33). The lowest BCUT2D eigenvalue weighted by atomic mass is 10.0. The number of aryl methyl sites for hydroxylation is 1. The second-order valence-electron chi connectivity index (χ2n) is 9.21. The van der Waals surface area contributed by atoms with Crippen molar-refractivity contribution in [3.8, 4) is 5.75 Å². The molecule has 0 aliphatic rings. The fourth-order valence-corrected chi connectivity index (χ4v) is 3.73. The molecule has 0 heterocycles. The number of amides is 3. The molecule has 0 bridgehead atoms. The summed E-state index contributed by atoms with van der Waals surface area (Å²) in [7, 11) is 0. The second-order valence-corrected chi connectivity index (χ2v) is 9.58. The number of nitrogens with one attached hydrogen (secondary N) is 2. The van der Waals surface area contributed by atoms with Crippen LogP contribution in [0.15, 0.2) is 48.5 Å². The van der Waals surface area contributed by atoms with Crippen LogP contribution in [-0.2, 0) is 14.3 Å². The zero-order chi connectivity index (χ0) is 26.2. The third-order valence-electron chi connectivity index (χ3n) is 5.09. The maximum absolute atomic E-state index is 13.6. The summed E-state index contributed by atoms with van der Waals surface area (Å²) in [5.74, 6) is -0.826. The van der Waals surface area contributed by atoms with E-state index in [0.29, 0.717) is 17.7 Å². The van der Waals surface area contributed by atoms with E-state index in [-0.39, 0.29) is 18.0 Å². The lowest BCUT2D eigenvalue weighted by molar-refractivity contribution is -0.140. The molecular formula is C26H35N3O5S. The molecule has 0 fully saturated rings. The summed E-state index contributed by atoms with van der Waals surface area (Å²) in [5.41, 5.74) is 1.28. The number of carbonyl (C=O) groups excluding carboxylic acids is 3. The second kappa shape index (κ2) is 12.5. The molecule has 0 saturated heterocycles. The van der Waals surface area contributed by atoms with Crippen LogP contribution in [0.25, 0.3) is 0 Å². The van der Waals surface area contributed by atoms with Gasteiger partial charge in [0.2, 0.25) is 5.91 Å². The minimum atomic E-state index is -1.01. The van der Waals surface area contributed by atoms with E-state index in [9.17, 15) is 19.5 Å². The molecule has 190 valence electrons. The van der Waals surface area contributed by atoms with Gasteiger partial charge in [-0.2, -0.15) is 12.6 Å². The van der Waals surface area contributed by atoms with Crippen molar-refractivity contribution in [2.75, 3.05) is 17.6 Å². The molecule has 2 atom stereocenters. The predicted octanol–water partition coefficient (Wildman–Crippen LogP) is 4.44. The molecule has 2 aromatic rings. The van der Waals surface area contributed by atoms with Gasteiger partial charge in [-0.05, 0) is 63.4 Å². The average Bonchev–Trinajstić information content (AvgIpc) is 2.78. The van der Waals surface area contributed by atoms with Gasteiger partial charge in [-0.15, -0.1) is 0 Å². The average molecular weight is 502 g/mol. The minimum Gasteiger partial charge on any atom is -0.508 e. The number of rotatable bonds is 9. The number of nitrogens with zero attached hydrogens (tertiary/aromatic N) is 1. The normalized spacial score (nSPS) is 12.9. The van der Waals surface area contributed by atoms with Gasteiger partial charge in [0.15, 0.2) is 0 Å². The van der Waals surface area contributed by atoms with E-state index in [0.717, 1.165) is 5.56 Å². The fourth-order valence-electron chi connectivity index (χ4n) is 3.49. The maximum Gasteiger partial charge on any atom is 0.408 e. The van der Waals surface area contributed by atoms with E-state index >= 15 is 0 Å². The number of aromatic hydroxyl groups is 1. The van der Waals surface area contributed by atoms with E-state index in [1.165, 1.54) is 17.0 Å². The number of carbonyl (C=O) groups is 3. The molecule has 0 aromatic heterocycles. The van der Waals surface area contributed by atoms with Crippen LogP contribution < -0.4 is 10.6 Å². The van der Waals surface area contributed by atoms with Gasteiger partial charge < -0.3 is 25.4 Å². The largest absolute Gasteiger partial charge is 0.508 e. The van der Waals surface area contributed by atoms with Crippen LogP contribution in [-0.4, -0.2) is 51.9 Å². The van der Waals surface area contributed by atoms with Crippen LogP contribution >= 0.6 is 12.6 Å². The van der Waals surface area contributed by atoms with Gasteiger partial charge in [0.05, 0.1) is 0 Å². The Morgan fingerprint density at radius 1 is 1.09 bits per heavy atom. The van der Waals surface area contributed by atoms with Crippen LogP contribution in [0.4, 0.5) is 10.5 Å². The first-order valence-corrected chi connectivity index (χ1v) is 12.2. The zero-order valence-corrected chi connectivity index (χ0v) is 21.8. The number of alkyl carbamates (subject to hydrolysis) is 1. The first-order chi connectivity index (χ1) is 16.5. The molecule has 2 aromatic carbocycles. The van der Waals surface area contributed by atoms with Crippen LogP contribution in [0.1, 0.15) is 51.3 Å². The molecule has 8 nitrogen and oxygen atoms in total. The molecule has 9 heteroatoms. The van der Waals surface area contributed by atoms with Crippen molar-refractivity contribution in [3.05, 3.63) is 59.7 Å². The lowest BCUT2D eigenvalue weighted by Gasteiger charge is -2.34. The van der Waals surface area contributed by atoms with E-state index in [4.69, 9.17) is 4.74 Å². The summed E-state index contributed by atoms with van der Waals surface area (Å²) in [6.07, 6.45) is -0.171. The van der Waals surface area contributed by atoms with Gasteiger partial charge in [0.25, 0.3) is 5.91 Å². The van der Waals surface area contributed by atoms with Gasteiger partial charge in [-0.25, -0.2) is 4.79 Å². The van der Waals surface area contributed by atoms with Crippen molar-refractivity contribution < 1.29 is 24.2 Å². The molecule has 3 N–H and O–H groups in total. The van der Waals surface area contributed by atoms with Crippen molar-refractivity contribution in [2.24, 2.45) is 0 Å². The third kappa shape index (κ3) is 8.20. The molecule has 0 aliphatic heterocycles. The van der Waals surface area contributed by atoms with E-state index in [1.807, 2.05) is 32.0 Å². The van der Waals surface area contributed by atoms with Gasteiger partial charge in [-0.3, -0.25) is 9.59 Å². The van der Waals surface area contributed by atoms with Crippen molar-refractivity contribution in [2.45, 2.75) is 58.7 Å². The van der Waals surface area contributed by atoms with Crippen molar-refractivity contribution in [3.63, 3.8) is 0 Å². The Balaban J connectivity index is 2.43. The molecule has 0 radical (unpaired) electrons. The molecule has 35 heavy (non-hydrogen) atoms.